The number of hydrogen-bond acceptors (Lipinski definition) is 4. The molecule has 1 aromatic rings. The van der Waals surface area contributed by atoms with Crippen molar-refractivity contribution in [2.45, 2.75) is 13.0 Å². The van der Waals surface area contributed by atoms with E-state index in [9.17, 15) is 4.21 Å². The van der Waals surface area contributed by atoms with E-state index in [0.717, 1.165) is 17.9 Å². The zero-order valence-electron chi connectivity index (χ0n) is 11.8. The summed E-state index contributed by atoms with van der Waals surface area (Å²) in [6.07, 6.45) is 0. The maximum Gasteiger partial charge on any atom is 0.119 e. The van der Waals surface area contributed by atoms with Crippen molar-refractivity contribution in [3.05, 3.63) is 29.8 Å². The molecule has 0 aliphatic rings. The van der Waals surface area contributed by atoms with Crippen molar-refractivity contribution in [2.24, 2.45) is 0 Å². The molecule has 0 saturated heterocycles. The van der Waals surface area contributed by atoms with Crippen LogP contribution in [0, 0.1) is 0 Å². The molecular formula is C14H23NO3S. The molecule has 0 heterocycles. The minimum atomic E-state index is -0.889. The van der Waals surface area contributed by atoms with Gasteiger partial charge in [0.05, 0.1) is 13.7 Å². The predicted molar refractivity (Wildman–Crippen MR) is 79.2 cm³/mol. The highest BCUT2D eigenvalue weighted by atomic mass is 32.2. The van der Waals surface area contributed by atoms with Crippen molar-refractivity contribution < 1.29 is 13.7 Å². The minimum Gasteiger partial charge on any atom is -0.497 e. The smallest absolute Gasteiger partial charge is 0.119 e. The summed E-state index contributed by atoms with van der Waals surface area (Å²) in [4.78, 5) is 0. The fraction of sp³-hybridized carbons (Fsp3) is 0.571. The van der Waals surface area contributed by atoms with E-state index in [1.807, 2.05) is 31.2 Å². The highest BCUT2D eigenvalue weighted by Crippen LogP contribution is 2.20. The first-order chi connectivity index (χ1) is 9.21. The zero-order chi connectivity index (χ0) is 14.1. The molecule has 2 atom stereocenters. The average molecular weight is 285 g/mol. The number of benzene rings is 1. The normalized spacial score (nSPS) is 14.1. The van der Waals surface area contributed by atoms with Crippen LogP contribution in [0.5, 0.6) is 5.75 Å². The monoisotopic (exact) mass is 285 g/mol. The van der Waals surface area contributed by atoms with Gasteiger partial charge in [0.1, 0.15) is 5.75 Å². The highest BCUT2D eigenvalue weighted by Gasteiger charge is 2.14. The summed E-state index contributed by atoms with van der Waals surface area (Å²) in [5.74, 6) is 1.98. The molecule has 108 valence electrons. The number of ether oxygens (including phenoxy) is 2. The molecule has 0 amide bonds. The van der Waals surface area contributed by atoms with Crippen LogP contribution in [-0.4, -0.2) is 43.1 Å². The maximum atomic E-state index is 12.0. The van der Waals surface area contributed by atoms with Crippen LogP contribution >= 0.6 is 0 Å². The molecular weight excluding hydrogens is 262 g/mol. The molecule has 0 saturated carbocycles. The van der Waals surface area contributed by atoms with Crippen molar-refractivity contribution in [1.82, 2.24) is 5.32 Å². The number of methoxy groups -OCH3 is 2. The molecule has 5 heteroatoms. The maximum absolute atomic E-state index is 12.0. The van der Waals surface area contributed by atoms with E-state index in [4.69, 9.17) is 9.47 Å². The highest BCUT2D eigenvalue weighted by molar-refractivity contribution is 7.85. The van der Waals surface area contributed by atoms with Gasteiger partial charge in [-0.05, 0) is 24.2 Å². The van der Waals surface area contributed by atoms with Gasteiger partial charge in [-0.1, -0.05) is 19.1 Å². The van der Waals surface area contributed by atoms with E-state index in [1.165, 1.54) is 0 Å². The second-order valence-corrected chi connectivity index (χ2v) is 5.81. The van der Waals surface area contributed by atoms with Gasteiger partial charge in [-0.15, -0.1) is 0 Å². The lowest BCUT2D eigenvalue weighted by Gasteiger charge is -2.18. The van der Waals surface area contributed by atoms with E-state index in [-0.39, 0.29) is 6.04 Å². The third-order valence-electron chi connectivity index (χ3n) is 2.81. The standard InChI is InChI=1S/C14H23NO3S/c1-4-15-14(11-19(16)9-8-17-2)12-6-5-7-13(10-12)18-3/h5-7,10,14-15H,4,8-9,11H2,1-3H3. The lowest BCUT2D eigenvalue weighted by atomic mass is 10.1. The second-order valence-electron chi connectivity index (χ2n) is 4.19. The van der Waals surface area contributed by atoms with Crippen LogP contribution in [0.2, 0.25) is 0 Å². The van der Waals surface area contributed by atoms with Crippen LogP contribution in [0.3, 0.4) is 0 Å². The Kier molecular flexibility index (Phi) is 7.70. The molecule has 0 aliphatic carbocycles. The molecule has 0 aliphatic heterocycles. The molecule has 1 aromatic carbocycles. The summed E-state index contributed by atoms with van der Waals surface area (Å²) in [6, 6.07) is 7.97. The molecule has 0 radical (unpaired) electrons. The first-order valence-corrected chi connectivity index (χ1v) is 7.91. The Morgan fingerprint density at radius 2 is 2.16 bits per heavy atom. The van der Waals surface area contributed by atoms with Gasteiger partial charge in [0.15, 0.2) is 0 Å². The van der Waals surface area contributed by atoms with E-state index in [1.54, 1.807) is 14.2 Å². The molecule has 0 aromatic heterocycles. The van der Waals surface area contributed by atoms with Gasteiger partial charge in [0.25, 0.3) is 0 Å². The third kappa shape index (κ3) is 5.72. The van der Waals surface area contributed by atoms with Crippen LogP contribution in [0.25, 0.3) is 0 Å². The quantitative estimate of drug-likeness (QED) is 0.751. The Balaban J connectivity index is 2.72. The third-order valence-corrected chi connectivity index (χ3v) is 4.14. The first kappa shape index (κ1) is 16.1. The Morgan fingerprint density at radius 1 is 1.37 bits per heavy atom. The summed E-state index contributed by atoms with van der Waals surface area (Å²) in [5, 5.41) is 3.37. The summed E-state index contributed by atoms with van der Waals surface area (Å²) in [6.45, 7) is 3.41. The fourth-order valence-corrected chi connectivity index (χ4v) is 3.02. The summed E-state index contributed by atoms with van der Waals surface area (Å²) >= 11 is 0. The van der Waals surface area contributed by atoms with Crippen LogP contribution in [0.15, 0.2) is 24.3 Å². The SMILES string of the molecule is CCNC(CS(=O)CCOC)c1cccc(OC)c1. The van der Waals surface area contributed by atoms with E-state index in [2.05, 4.69) is 5.32 Å². The molecule has 19 heavy (non-hydrogen) atoms. The lowest BCUT2D eigenvalue weighted by molar-refractivity contribution is 0.218. The second kappa shape index (κ2) is 9.07. The largest absolute Gasteiger partial charge is 0.497 e. The molecule has 4 nitrogen and oxygen atoms in total. The van der Waals surface area contributed by atoms with Crippen LogP contribution in [-0.2, 0) is 15.5 Å². The minimum absolute atomic E-state index is 0.0813. The molecule has 0 spiro atoms. The average Bonchev–Trinajstić information content (AvgIpc) is 2.44. The van der Waals surface area contributed by atoms with Crippen molar-refractivity contribution in [3.63, 3.8) is 0 Å². The molecule has 2 unspecified atom stereocenters. The van der Waals surface area contributed by atoms with Gasteiger partial charge < -0.3 is 14.8 Å². The Labute approximate surface area is 118 Å². The van der Waals surface area contributed by atoms with E-state index < -0.39 is 10.8 Å². The Morgan fingerprint density at radius 3 is 2.79 bits per heavy atom. The van der Waals surface area contributed by atoms with Gasteiger partial charge in [0.2, 0.25) is 0 Å². The topological polar surface area (TPSA) is 47.6 Å². The summed E-state index contributed by atoms with van der Waals surface area (Å²) in [7, 11) is 2.39. The molecule has 1 N–H and O–H groups in total. The lowest BCUT2D eigenvalue weighted by Crippen LogP contribution is -2.27. The van der Waals surface area contributed by atoms with Crippen molar-refractivity contribution >= 4 is 10.8 Å². The van der Waals surface area contributed by atoms with Gasteiger partial charge in [-0.2, -0.15) is 0 Å². The van der Waals surface area contributed by atoms with E-state index >= 15 is 0 Å². The van der Waals surface area contributed by atoms with Crippen molar-refractivity contribution in [1.29, 1.82) is 0 Å². The molecule has 1 rings (SSSR count). The van der Waals surface area contributed by atoms with Gasteiger partial charge in [-0.3, -0.25) is 4.21 Å². The molecule has 0 fully saturated rings. The van der Waals surface area contributed by atoms with Crippen LogP contribution in [0.1, 0.15) is 18.5 Å². The van der Waals surface area contributed by atoms with Gasteiger partial charge >= 0.3 is 0 Å². The van der Waals surface area contributed by atoms with Crippen LogP contribution in [0.4, 0.5) is 0 Å². The summed E-state index contributed by atoms with van der Waals surface area (Å²) < 4.78 is 22.2. The first-order valence-electron chi connectivity index (χ1n) is 6.42. The number of nitrogens with one attached hydrogen (secondary N) is 1. The van der Waals surface area contributed by atoms with Crippen LogP contribution < -0.4 is 10.1 Å². The fourth-order valence-electron chi connectivity index (χ4n) is 1.82. The zero-order valence-corrected chi connectivity index (χ0v) is 12.7. The number of rotatable bonds is 9. The van der Waals surface area contributed by atoms with Gasteiger partial charge in [-0.25, -0.2) is 0 Å². The summed E-state index contributed by atoms with van der Waals surface area (Å²) in [5.41, 5.74) is 1.10. The van der Waals surface area contributed by atoms with Gasteiger partial charge in [0, 0.05) is 35.5 Å². The Hall–Kier alpha value is -0.910. The predicted octanol–water partition coefficient (Wildman–Crippen LogP) is 1.74. The number of hydrogen-bond donors (Lipinski definition) is 1. The molecule has 0 bridgehead atoms. The Bertz CT molecular complexity index is 398. The van der Waals surface area contributed by atoms with Crippen molar-refractivity contribution in [2.75, 3.05) is 38.9 Å². The van der Waals surface area contributed by atoms with E-state index in [0.29, 0.717) is 18.1 Å². The van der Waals surface area contributed by atoms with Crippen molar-refractivity contribution in [3.8, 4) is 5.75 Å².